The lowest BCUT2D eigenvalue weighted by atomic mass is 9.84. The van der Waals surface area contributed by atoms with Gasteiger partial charge >= 0.3 is 0 Å². The standard InChI is InChI=1S/C25H27FN4O4/c1-33-25(34-2)11-18-19-20(21(30(18)13-25)15-5-7-16(8-6-15)22(27)28)24(32)29(23(19)31)12-14-3-9-17(26)10-4-14/h3-10,18-21H,11-13H2,1-2H3,(H3,27,28)/t18-,19+,20+,21+/m1/s1. The summed E-state index contributed by atoms with van der Waals surface area (Å²) in [5.41, 5.74) is 7.76. The SMILES string of the molecule is COC1(OC)C[C@@H]2[C@@H]3C(=O)N(Cc4ccc(F)cc4)C(=O)[C@@H]3[C@H](c3ccc(C(=N)N)cc3)N2C1. The zero-order valence-electron chi connectivity index (χ0n) is 19.0. The third-order valence-corrected chi connectivity index (χ3v) is 7.53. The maximum absolute atomic E-state index is 13.6. The molecule has 0 aromatic heterocycles. The van der Waals surface area contributed by atoms with Gasteiger partial charge in [0.15, 0.2) is 5.79 Å². The van der Waals surface area contributed by atoms with Crippen LogP contribution in [0.15, 0.2) is 48.5 Å². The van der Waals surface area contributed by atoms with Crippen molar-refractivity contribution in [2.75, 3.05) is 20.8 Å². The van der Waals surface area contributed by atoms with Crippen LogP contribution in [0.4, 0.5) is 4.39 Å². The fourth-order valence-corrected chi connectivity index (χ4v) is 5.82. The Morgan fingerprint density at radius 3 is 2.26 bits per heavy atom. The summed E-state index contributed by atoms with van der Waals surface area (Å²) in [7, 11) is 3.17. The molecule has 0 spiro atoms. The van der Waals surface area contributed by atoms with Gasteiger partial charge in [-0.3, -0.25) is 24.8 Å². The second-order valence-electron chi connectivity index (χ2n) is 9.18. The lowest BCUT2D eigenvalue weighted by Crippen LogP contribution is -2.40. The van der Waals surface area contributed by atoms with E-state index in [2.05, 4.69) is 4.90 Å². The van der Waals surface area contributed by atoms with Gasteiger partial charge in [-0.1, -0.05) is 36.4 Å². The Morgan fingerprint density at radius 2 is 1.68 bits per heavy atom. The Bertz CT molecular complexity index is 1130. The number of methoxy groups -OCH3 is 2. The molecule has 34 heavy (non-hydrogen) atoms. The number of amides is 2. The van der Waals surface area contributed by atoms with Gasteiger partial charge in [0.2, 0.25) is 11.8 Å². The summed E-state index contributed by atoms with van der Waals surface area (Å²) in [6.07, 6.45) is 0.465. The number of nitrogens with one attached hydrogen (secondary N) is 1. The highest BCUT2D eigenvalue weighted by Crippen LogP contribution is 2.55. The van der Waals surface area contributed by atoms with Gasteiger partial charge in [0, 0.05) is 38.3 Å². The summed E-state index contributed by atoms with van der Waals surface area (Å²) in [5.74, 6) is -2.79. The van der Waals surface area contributed by atoms with E-state index in [9.17, 15) is 14.0 Å². The third-order valence-electron chi connectivity index (χ3n) is 7.53. The number of rotatable bonds is 6. The molecule has 9 heteroatoms. The van der Waals surface area contributed by atoms with Gasteiger partial charge in [-0.25, -0.2) is 4.39 Å². The first-order valence-corrected chi connectivity index (χ1v) is 11.2. The van der Waals surface area contributed by atoms with Crippen LogP contribution in [0, 0.1) is 23.1 Å². The molecule has 3 heterocycles. The first-order valence-electron chi connectivity index (χ1n) is 11.2. The smallest absolute Gasteiger partial charge is 0.235 e. The summed E-state index contributed by atoms with van der Waals surface area (Å²) < 4.78 is 24.8. The molecular formula is C25H27FN4O4. The number of hydrogen-bond donors (Lipinski definition) is 2. The lowest BCUT2D eigenvalue weighted by Gasteiger charge is -2.31. The molecule has 0 saturated carbocycles. The highest BCUT2D eigenvalue weighted by atomic mass is 19.1. The molecule has 3 saturated heterocycles. The van der Waals surface area contributed by atoms with E-state index >= 15 is 0 Å². The Hall–Kier alpha value is -3.14. The molecular weight excluding hydrogens is 439 g/mol. The van der Waals surface area contributed by atoms with E-state index in [1.807, 2.05) is 12.1 Å². The van der Waals surface area contributed by atoms with Gasteiger partial charge < -0.3 is 15.2 Å². The van der Waals surface area contributed by atoms with Crippen molar-refractivity contribution in [3.8, 4) is 0 Å². The predicted octanol–water partition coefficient (Wildman–Crippen LogP) is 2.03. The van der Waals surface area contributed by atoms with Crippen LogP contribution >= 0.6 is 0 Å². The quantitative estimate of drug-likeness (QED) is 0.292. The normalized spacial score (nSPS) is 27.8. The number of halogens is 1. The monoisotopic (exact) mass is 466 g/mol. The molecule has 0 bridgehead atoms. The fourth-order valence-electron chi connectivity index (χ4n) is 5.82. The number of ether oxygens (including phenoxy) is 2. The van der Waals surface area contributed by atoms with Crippen molar-refractivity contribution >= 4 is 17.6 Å². The molecule has 3 aliphatic rings. The van der Waals surface area contributed by atoms with Crippen LogP contribution in [-0.2, 0) is 25.6 Å². The molecule has 2 amide bonds. The number of hydrogen-bond acceptors (Lipinski definition) is 6. The molecule has 0 aliphatic carbocycles. The summed E-state index contributed by atoms with van der Waals surface area (Å²) >= 11 is 0. The van der Waals surface area contributed by atoms with Crippen molar-refractivity contribution < 1.29 is 23.5 Å². The molecule has 0 radical (unpaired) electrons. The van der Waals surface area contributed by atoms with Gasteiger partial charge in [-0.15, -0.1) is 0 Å². The summed E-state index contributed by atoms with van der Waals surface area (Å²) in [6.45, 7) is 0.530. The minimum atomic E-state index is -0.860. The van der Waals surface area contributed by atoms with E-state index in [0.717, 1.165) is 5.56 Å². The number of benzene rings is 2. The van der Waals surface area contributed by atoms with E-state index < -0.39 is 17.6 Å². The summed E-state index contributed by atoms with van der Waals surface area (Å²) in [4.78, 5) is 30.7. The molecule has 3 aliphatic heterocycles. The minimum Gasteiger partial charge on any atom is -0.384 e. The number of likely N-dealkylation sites (tertiary alicyclic amines) is 1. The molecule has 8 nitrogen and oxygen atoms in total. The van der Waals surface area contributed by atoms with Crippen molar-refractivity contribution in [1.82, 2.24) is 9.80 Å². The molecule has 178 valence electrons. The minimum absolute atomic E-state index is 0.0368. The molecule has 2 aromatic rings. The fraction of sp³-hybridized carbons (Fsp3) is 0.400. The highest BCUT2D eigenvalue weighted by molar-refractivity contribution is 6.06. The number of carbonyl (C=O) groups is 2. The zero-order valence-corrected chi connectivity index (χ0v) is 19.0. The number of imide groups is 1. The number of nitrogens with zero attached hydrogens (tertiary/aromatic N) is 2. The van der Waals surface area contributed by atoms with Crippen molar-refractivity contribution in [1.29, 1.82) is 5.41 Å². The number of fused-ring (bicyclic) bond motifs is 3. The number of amidine groups is 1. The molecule has 3 fully saturated rings. The summed E-state index contributed by atoms with van der Waals surface area (Å²) in [6, 6.07) is 12.5. The summed E-state index contributed by atoms with van der Waals surface area (Å²) in [5, 5.41) is 7.66. The van der Waals surface area contributed by atoms with Crippen LogP contribution in [0.25, 0.3) is 0 Å². The largest absolute Gasteiger partial charge is 0.384 e. The maximum atomic E-state index is 13.6. The first kappa shape index (κ1) is 22.6. The van der Waals surface area contributed by atoms with Gasteiger partial charge in [-0.05, 0) is 23.3 Å². The Balaban J connectivity index is 1.52. The third kappa shape index (κ3) is 3.43. The van der Waals surface area contributed by atoms with E-state index in [-0.39, 0.29) is 42.1 Å². The number of nitrogens with two attached hydrogens (primary N) is 1. The first-order chi connectivity index (χ1) is 16.3. The molecule has 3 N–H and O–H groups in total. The van der Waals surface area contributed by atoms with Crippen LogP contribution in [-0.4, -0.2) is 60.0 Å². The highest BCUT2D eigenvalue weighted by Gasteiger charge is 2.66. The van der Waals surface area contributed by atoms with Gasteiger partial charge in [0.05, 0.1) is 24.9 Å². The number of carbonyl (C=O) groups excluding carboxylic acids is 2. The van der Waals surface area contributed by atoms with Crippen LogP contribution in [0.5, 0.6) is 0 Å². The zero-order chi connectivity index (χ0) is 24.2. The second-order valence-corrected chi connectivity index (χ2v) is 9.18. The van der Waals surface area contributed by atoms with Crippen molar-refractivity contribution in [3.63, 3.8) is 0 Å². The lowest BCUT2D eigenvalue weighted by molar-refractivity contribution is -0.198. The van der Waals surface area contributed by atoms with Crippen LogP contribution < -0.4 is 5.73 Å². The number of nitrogen functional groups attached to an aromatic ring is 1. The van der Waals surface area contributed by atoms with E-state index in [1.165, 1.54) is 17.0 Å². The van der Waals surface area contributed by atoms with Crippen LogP contribution in [0.3, 0.4) is 0 Å². The Morgan fingerprint density at radius 1 is 1.06 bits per heavy atom. The van der Waals surface area contributed by atoms with Gasteiger partial charge in [-0.2, -0.15) is 0 Å². The topological polar surface area (TPSA) is 109 Å². The van der Waals surface area contributed by atoms with Gasteiger partial charge in [0.1, 0.15) is 11.7 Å². The van der Waals surface area contributed by atoms with Crippen molar-refractivity contribution in [2.24, 2.45) is 17.6 Å². The Kier molecular flexibility index (Phi) is 5.50. The average molecular weight is 467 g/mol. The molecule has 2 aromatic carbocycles. The van der Waals surface area contributed by atoms with Crippen molar-refractivity contribution in [3.05, 3.63) is 71.0 Å². The molecule has 0 unspecified atom stereocenters. The van der Waals surface area contributed by atoms with Crippen LogP contribution in [0.1, 0.15) is 29.2 Å². The predicted molar refractivity (Wildman–Crippen MR) is 121 cm³/mol. The average Bonchev–Trinajstić information content (AvgIpc) is 3.43. The molecule has 4 atom stereocenters. The van der Waals surface area contributed by atoms with Gasteiger partial charge in [0.25, 0.3) is 0 Å². The Labute approximate surface area is 196 Å². The molecule has 5 rings (SSSR count). The van der Waals surface area contributed by atoms with Crippen molar-refractivity contribution in [2.45, 2.75) is 30.8 Å². The van der Waals surface area contributed by atoms with Crippen LogP contribution in [0.2, 0.25) is 0 Å². The second kappa shape index (κ2) is 8.26. The van der Waals surface area contributed by atoms with E-state index in [0.29, 0.717) is 24.1 Å². The van der Waals surface area contributed by atoms with E-state index in [1.54, 1.807) is 38.5 Å². The maximum Gasteiger partial charge on any atom is 0.235 e. The van der Waals surface area contributed by atoms with E-state index in [4.69, 9.17) is 20.6 Å².